The van der Waals surface area contributed by atoms with Gasteiger partial charge in [0.15, 0.2) is 0 Å². The van der Waals surface area contributed by atoms with Gasteiger partial charge in [-0.2, -0.15) is 0 Å². The second-order valence-corrected chi connectivity index (χ2v) is 5.54. The monoisotopic (exact) mass is 268 g/mol. The number of aryl methyl sites for hydroxylation is 1. The van der Waals surface area contributed by atoms with Crippen LogP contribution in [-0.2, 0) is 5.60 Å². The molecule has 82 valence electrons. The van der Waals surface area contributed by atoms with E-state index in [2.05, 4.69) is 35.8 Å². The third-order valence-electron chi connectivity index (χ3n) is 3.67. The van der Waals surface area contributed by atoms with E-state index in [4.69, 9.17) is 0 Å². The van der Waals surface area contributed by atoms with E-state index in [1.807, 2.05) is 12.1 Å². The van der Waals surface area contributed by atoms with Crippen LogP contribution < -0.4 is 0 Å². The molecule has 0 aliphatic heterocycles. The molecule has 2 rings (SSSR count). The van der Waals surface area contributed by atoms with Crippen LogP contribution in [0.4, 0.5) is 0 Å². The first-order valence-corrected chi connectivity index (χ1v) is 6.32. The van der Waals surface area contributed by atoms with Crippen molar-refractivity contribution in [1.82, 2.24) is 0 Å². The summed E-state index contributed by atoms with van der Waals surface area (Å²) in [4.78, 5) is 0. The molecule has 0 radical (unpaired) electrons. The minimum Gasteiger partial charge on any atom is -0.385 e. The van der Waals surface area contributed by atoms with Crippen molar-refractivity contribution in [2.75, 3.05) is 0 Å². The zero-order chi connectivity index (χ0) is 11.1. The van der Waals surface area contributed by atoms with Crippen molar-refractivity contribution in [1.29, 1.82) is 0 Å². The van der Waals surface area contributed by atoms with Crippen LogP contribution in [0.3, 0.4) is 0 Å². The van der Waals surface area contributed by atoms with Gasteiger partial charge in [0.05, 0.1) is 5.60 Å². The molecule has 2 unspecified atom stereocenters. The van der Waals surface area contributed by atoms with Crippen LogP contribution in [0.25, 0.3) is 0 Å². The van der Waals surface area contributed by atoms with E-state index in [9.17, 15) is 5.11 Å². The predicted octanol–water partition coefficient (Wildman–Crippen LogP) is 3.77. The second kappa shape index (κ2) is 3.91. The van der Waals surface area contributed by atoms with Crippen molar-refractivity contribution in [3.8, 4) is 0 Å². The lowest BCUT2D eigenvalue weighted by atomic mass is 9.84. The van der Waals surface area contributed by atoms with Gasteiger partial charge in [-0.3, -0.25) is 0 Å². The molecule has 0 heterocycles. The van der Waals surface area contributed by atoms with Crippen molar-refractivity contribution in [3.05, 3.63) is 33.8 Å². The Kier molecular flexibility index (Phi) is 2.91. The van der Waals surface area contributed by atoms with Gasteiger partial charge in [0, 0.05) is 4.47 Å². The van der Waals surface area contributed by atoms with E-state index < -0.39 is 5.60 Å². The topological polar surface area (TPSA) is 20.2 Å². The molecule has 2 atom stereocenters. The van der Waals surface area contributed by atoms with Crippen LogP contribution in [-0.4, -0.2) is 5.11 Å². The normalized spacial score (nSPS) is 30.8. The summed E-state index contributed by atoms with van der Waals surface area (Å²) in [6, 6.07) is 6.18. The van der Waals surface area contributed by atoms with Crippen LogP contribution in [0, 0.1) is 12.8 Å². The zero-order valence-electron chi connectivity index (χ0n) is 9.26. The Bertz CT molecular complexity index is 375. The van der Waals surface area contributed by atoms with Gasteiger partial charge in [-0.1, -0.05) is 35.0 Å². The fourth-order valence-corrected chi connectivity index (χ4v) is 2.75. The molecule has 1 saturated carbocycles. The predicted molar refractivity (Wildman–Crippen MR) is 65.8 cm³/mol. The molecule has 1 nitrogen and oxygen atoms in total. The molecule has 0 aromatic heterocycles. The van der Waals surface area contributed by atoms with Gasteiger partial charge in [-0.25, -0.2) is 0 Å². The summed E-state index contributed by atoms with van der Waals surface area (Å²) in [5.41, 5.74) is 1.68. The van der Waals surface area contributed by atoms with E-state index in [1.54, 1.807) is 0 Å². The highest BCUT2D eigenvalue weighted by Crippen LogP contribution is 2.43. The molecule has 1 aliphatic carbocycles. The third kappa shape index (κ3) is 1.85. The Morgan fingerprint density at radius 1 is 1.47 bits per heavy atom. The summed E-state index contributed by atoms with van der Waals surface area (Å²) in [6.07, 6.45) is 3.16. The number of benzene rings is 1. The first-order valence-electron chi connectivity index (χ1n) is 5.53. The summed E-state index contributed by atoms with van der Waals surface area (Å²) >= 11 is 3.49. The maximum atomic E-state index is 10.6. The Hall–Kier alpha value is -0.340. The maximum Gasteiger partial charge on any atom is 0.0922 e. The minimum atomic E-state index is -0.592. The molecule has 0 bridgehead atoms. The lowest BCUT2D eigenvalue weighted by Crippen LogP contribution is -2.28. The van der Waals surface area contributed by atoms with Gasteiger partial charge in [0.2, 0.25) is 0 Å². The van der Waals surface area contributed by atoms with Crippen LogP contribution in [0.1, 0.15) is 37.3 Å². The summed E-state index contributed by atoms with van der Waals surface area (Å²) in [5, 5.41) is 10.6. The van der Waals surface area contributed by atoms with Crippen molar-refractivity contribution in [2.45, 2.75) is 38.7 Å². The number of hydrogen-bond acceptors (Lipinski definition) is 1. The van der Waals surface area contributed by atoms with E-state index in [0.29, 0.717) is 5.92 Å². The Balaban J connectivity index is 2.40. The van der Waals surface area contributed by atoms with Crippen LogP contribution in [0.5, 0.6) is 0 Å². The smallest absolute Gasteiger partial charge is 0.0922 e. The van der Waals surface area contributed by atoms with Crippen LogP contribution in [0.2, 0.25) is 0 Å². The molecule has 15 heavy (non-hydrogen) atoms. The average Bonchev–Trinajstić information content (AvgIpc) is 2.53. The Morgan fingerprint density at radius 2 is 2.20 bits per heavy atom. The Labute approximate surface area is 99.6 Å². The molecule has 1 aromatic carbocycles. The molecule has 1 fully saturated rings. The van der Waals surface area contributed by atoms with Crippen LogP contribution in [0.15, 0.2) is 22.7 Å². The number of halogens is 1. The first-order chi connectivity index (χ1) is 7.04. The number of rotatable bonds is 1. The molecule has 0 saturated heterocycles. The Morgan fingerprint density at radius 3 is 2.73 bits per heavy atom. The SMILES string of the molecule is Cc1cc(C2(O)CCCC2C)ccc1Br. The van der Waals surface area contributed by atoms with Gasteiger partial charge in [0.25, 0.3) is 0 Å². The van der Waals surface area contributed by atoms with Gasteiger partial charge in [0.1, 0.15) is 0 Å². The third-order valence-corrected chi connectivity index (χ3v) is 4.56. The minimum absolute atomic E-state index is 0.373. The maximum absolute atomic E-state index is 10.6. The van der Waals surface area contributed by atoms with Crippen molar-refractivity contribution < 1.29 is 5.11 Å². The highest BCUT2D eigenvalue weighted by Gasteiger charge is 2.39. The summed E-state index contributed by atoms with van der Waals surface area (Å²) in [5.74, 6) is 0.373. The summed E-state index contributed by atoms with van der Waals surface area (Å²) in [7, 11) is 0. The highest BCUT2D eigenvalue weighted by molar-refractivity contribution is 9.10. The lowest BCUT2D eigenvalue weighted by Gasteiger charge is -2.28. The van der Waals surface area contributed by atoms with Crippen LogP contribution >= 0.6 is 15.9 Å². The zero-order valence-corrected chi connectivity index (χ0v) is 10.8. The fraction of sp³-hybridized carbons (Fsp3) is 0.538. The average molecular weight is 269 g/mol. The second-order valence-electron chi connectivity index (χ2n) is 4.68. The highest BCUT2D eigenvalue weighted by atomic mass is 79.9. The molecular formula is C13H17BrO. The molecule has 0 spiro atoms. The summed E-state index contributed by atoms with van der Waals surface area (Å²) in [6.45, 7) is 4.21. The van der Waals surface area contributed by atoms with Crippen molar-refractivity contribution in [2.24, 2.45) is 5.92 Å². The fourth-order valence-electron chi connectivity index (χ4n) is 2.51. The summed E-state index contributed by atoms with van der Waals surface area (Å²) < 4.78 is 1.11. The van der Waals surface area contributed by atoms with E-state index in [1.165, 1.54) is 5.56 Å². The van der Waals surface area contributed by atoms with E-state index in [0.717, 1.165) is 29.3 Å². The van der Waals surface area contributed by atoms with Gasteiger partial charge in [-0.05, 0) is 49.3 Å². The molecule has 0 amide bonds. The first kappa shape index (κ1) is 11.2. The van der Waals surface area contributed by atoms with Gasteiger partial charge < -0.3 is 5.11 Å². The standard InChI is InChI=1S/C13H17BrO/c1-9-8-11(5-6-12(9)14)13(15)7-3-4-10(13)2/h5-6,8,10,15H,3-4,7H2,1-2H3. The largest absolute Gasteiger partial charge is 0.385 e. The van der Waals surface area contributed by atoms with Crippen molar-refractivity contribution >= 4 is 15.9 Å². The molecule has 1 aromatic rings. The molecule has 1 aliphatic rings. The van der Waals surface area contributed by atoms with E-state index in [-0.39, 0.29) is 0 Å². The van der Waals surface area contributed by atoms with Gasteiger partial charge in [-0.15, -0.1) is 0 Å². The quantitative estimate of drug-likeness (QED) is 0.822. The molecular weight excluding hydrogens is 252 g/mol. The number of hydrogen-bond donors (Lipinski definition) is 1. The molecule has 1 N–H and O–H groups in total. The van der Waals surface area contributed by atoms with Crippen molar-refractivity contribution in [3.63, 3.8) is 0 Å². The van der Waals surface area contributed by atoms with E-state index >= 15 is 0 Å². The number of aliphatic hydroxyl groups is 1. The van der Waals surface area contributed by atoms with Gasteiger partial charge >= 0.3 is 0 Å². The molecule has 2 heteroatoms. The lowest BCUT2D eigenvalue weighted by molar-refractivity contribution is 0.00443.